The molecule has 168 valence electrons. The Hall–Kier alpha value is -3.35. The molecule has 0 heterocycles. The van der Waals surface area contributed by atoms with Gasteiger partial charge in [0.25, 0.3) is 0 Å². The third-order valence-electron chi connectivity index (χ3n) is 6.52. The minimum Gasteiger partial charge on any atom is -0.480 e. The van der Waals surface area contributed by atoms with Crippen molar-refractivity contribution >= 4 is 18.0 Å². The highest BCUT2D eigenvalue weighted by Gasteiger charge is 2.33. The Balaban J connectivity index is 1.38. The Labute approximate surface area is 187 Å². The molecule has 3 N–H and O–H groups in total. The lowest BCUT2D eigenvalue weighted by Crippen LogP contribution is -2.48. The fraction of sp³-hybridized carbons (Fsp3) is 0.400. The Morgan fingerprint density at radius 2 is 1.59 bits per heavy atom. The van der Waals surface area contributed by atoms with Crippen LogP contribution in [0.25, 0.3) is 11.1 Å². The van der Waals surface area contributed by atoms with Crippen molar-refractivity contribution in [3.8, 4) is 11.1 Å². The number of carbonyl (C=O) groups is 3. The van der Waals surface area contributed by atoms with Crippen molar-refractivity contribution in [3.05, 3.63) is 59.7 Å². The van der Waals surface area contributed by atoms with Crippen molar-refractivity contribution in [3.63, 3.8) is 0 Å². The molecular formula is C25H28N2O5. The summed E-state index contributed by atoms with van der Waals surface area (Å²) in [6.07, 6.45) is 2.39. The molecule has 0 bridgehead atoms. The van der Waals surface area contributed by atoms with Crippen LogP contribution in [-0.2, 0) is 14.3 Å². The van der Waals surface area contributed by atoms with Crippen molar-refractivity contribution < 1.29 is 24.2 Å². The second-order valence-corrected chi connectivity index (χ2v) is 8.60. The number of fused-ring (bicyclic) bond motifs is 3. The highest BCUT2D eigenvalue weighted by molar-refractivity contribution is 5.84. The van der Waals surface area contributed by atoms with E-state index in [4.69, 9.17) is 9.84 Å². The van der Waals surface area contributed by atoms with Gasteiger partial charge in [-0.05, 0) is 47.9 Å². The zero-order valence-electron chi connectivity index (χ0n) is 18.0. The zero-order valence-corrected chi connectivity index (χ0v) is 18.0. The number of amides is 2. The number of hydrogen-bond donors (Lipinski definition) is 3. The molecule has 4 rings (SSSR count). The summed E-state index contributed by atoms with van der Waals surface area (Å²) in [6, 6.07) is 14.9. The standard InChI is InChI=1S/C25H28N2O5/c1-15(24(29)30)26-23(28)13-22(16-7-6-8-16)27-25(31)32-14-21-19-11-4-2-9-17(19)18-10-3-5-12-20(18)21/h2-5,9-12,15-16,21-22H,6-8,13-14H2,1H3,(H,26,28)(H,27,31)(H,29,30)/t15-,22?/m1/s1. The van der Waals surface area contributed by atoms with Crippen LogP contribution in [0.5, 0.6) is 0 Å². The number of rotatable bonds is 8. The quantitative estimate of drug-likeness (QED) is 0.586. The Kier molecular flexibility index (Phi) is 6.44. The predicted molar refractivity (Wildman–Crippen MR) is 119 cm³/mol. The van der Waals surface area contributed by atoms with Crippen LogP contribution in [0.4, 0.5) is 4.79 Å². The number of hydrogen-bond acceptors (Lipinski definition) is 4. The van der Waals surface area contributed by atoms with Gasteiger partial charge in [0.05, 0.1) is 0 Å². The maximum absolute atomic E-state index is 12.6. The molecule has 0 aromatic heterocycles. The van der Waals surface area contributed by atoms with Crippen LogP contribution in [0, 0.1) is 5.92 Å². The van der Waals surface area contributed by atoms with E-state index in [1.165, 1.54) is 6.92 Å². The number of ether oxygens (including phenoxy) is 1. The Morgan fingerprint density at radius 1 is 1.00 bits per heavy atom. The van der Waals surface area contributed by atoms with Crippen LogP contribution < -0.4 is 10.6 Å². The van der Waals surface area contributed by atoms with E-state index >= 15 is 0 Å². The molecule has 7 heteroatoms. The molecule has 0 spiro atoms. The van der Waals surface area contributed by atoms with Crippen molar-refractivity contribution in [2.24, 2.45) is 5.92 Å². The van der Waals surface area contributed by atoms with Gasteiger partial charge in [0.15, 0.2) is 0 Å². The first-order chi connectivity index (χ1) is 15.4. The molecule has 0 aliphatic heterocycles. The van der Waals surface area contributed by atoms with Crippen molar-refractivity contribution in [1.82, 2.24) is 10.6 Å². The van der Waals surface area contributed by atoms with Crippen LogP contribution in [0.1, 0.15) is 49.7 Å². The Morgan fingerprint density at radius 3 is 2.12 bits per heavy atom. The maximum Gasteiger partial charge on any atom is 0.407 e. The van der Waals surface area contributed by atoms with Crippen LogP contribution in [0.2, 0.25) is 0 Å². The molecule has 2 aliphatic carbocycles. The summed E-state index contributed by atoms with van der Waals surface area (Å²) in [7, 11) is 0. The van der Waals surface area contributed by atoms with Gasteiger partial charge < -0.3 is 20.5 Å². The van der Waals surface area contributed by atoms with Gasteiger partial charge in [-0.15, -0.1) is 0 Å². The number of carboxylic acid groups (broad SMARTS) is 1. The molecule has 2 amide bonds. The zero-order chi connectivity index (χ0) is 22.7. The summed E-state index contributed by atoms with van der Waals surface area (Å²) in [5.41, 5.74) is 4.60. The SMILES string of the molecule is C[C@@H](NC(=O)CC(NC(=O)OCC1c2ccccc2-c2ccccc21)C1CCC1)C(=O)O. The lowest BCUT2D eigenvalue weighted by Gasteiger charge is -2.34. The molecule has 0 saturated heterocycles. The van der Waals surface area contributed by atoms with E-state index in [1.54, 1.807) is 0 Å². The first kappa shape index (κ1) is 21.9. The van der Waals surface area contributed by atoms with Crippen LogP contribution in [0.15, 0.2) is 48.5 Å². The largest absolute Gasteiger partial charge is 0.480 e. The normalized spacial score (nSPS) is 16.8. The second kappa shape index (κ2) is 9.42. The molecular weight excluding hydrogens is 408 g/mol. The van der Waals surface area contributed by atoms with Gasteiger partial charge in [0.1, 0.15) is 12.6 Å². The van der Waals surface area contributed by atoms with E-state index < -0.39 is 24.0 Å². The van der Waals surface area contributed by atoms with E-state index in [-0.39, 0.29) is 30.9 Å². The molecule has 1 unspecified atom stereocenters. The third kappa shape index (κ3) is 4.61. The summed E-state index contributed by atoms with van der Waals surface area (Å²) < 4.78 is 5.61. The van der Waals surface area contributed by atoms with E-state index in [9.17, 15) is 14.4 Å². The summed E-state index contributed by atoms with van der Waals surface area (Å²) in [5, 5.41) is 14.3. The molecule has 0 radical (unpaired) electrons. The number of alkyl carbamates (subject to hydrolysis) is 1. The number of nitrogens with one attached hydrogen (secondary N) is 2. The number of carbonyl (C=O) groups excluding carboxylic acids is 2. The first-order valence-corrected chi connectivity index (χ1v) is 11.1. The molecule has 2 aliphatic rings. The van der Waals surface area contributed by atoms with E-state index in [0.717, 1.165) is 41.5 Å². The first-order valence-electron chi connectivity index (χ1n) is 11.1. The van der Waals surface area contributed by atoms with E-state index in [2.05, 4.69) is 34.9 Å². The van der Waals surface area contributed by atoms with Crippen LogP contribution >= 0.6 is 0 Å². The molecule has 1 saturated carbocycles. The third-order valence-corrected chi connectivity index (χ3v) is 6.52. The molecule has 7 nitrogen and oxygen atoms in total. The molecule has 1 fully saturated rings. The highest BCUT2D eigenvalue weighted by Crippen LogP contribution is 2.44. The molecule has 32 heavy (non-hydrogen) atoms. The van der Waals surface area contributed by atoms with Crippen molar-refractivity contribution in [1.29, 1.82) is 0 Å². The average molecular weight is 437 g/mol. The minimum atomic E-state index is -1.09. The number of aliphatic carboxylic acids is 1. The van der Waals surface area contributed by atoms with E-state index in [0.29, 0.717) is 0 Å². The topological polar surface area (TPSA) is 105 Å². The van der Waals surface area contributed by atoms with Gasteiger partial charge in [-0.2, -0.15) is 0 Å². The lowest BCUT2D eigenvalue weighted by atomic mass is 9.78. The summed E-state index contributed by atoms with van der Waals surface area (Å²) in [5.74, 6) is -1.32. The number of carboxylic acids is 1. The smallest absolute Gasteiger partial charge is 0.407 e. The van der Waals surface area contributed by atoms with Gasteiger partial charge in [-0.1, -0.05) is 55.0 Å². The Bertz CT molecular complexity index is 971. The fourth-order valence-corrected chi connectivity index (χ4v) is 4.53. The van der Waals surface area contributed by atoms with Crippen molar-refractivity contribution in [2.75, 3.05) is 6.61 Å². The summed E-state index contributed by atoms with van der Waals surface area (Å²) >= 11 is 0. The van der Waals surface area contributed by atoms with Gasteiger partial charge in [-0.3, -0.25) is 9.59 Å². The number of benzene rings is 2. The molecule has 2 aromatic rings. The fourth-order valence-electron chi connectivity index (χ4n) is 4.53. The predicted octanol–water partition coefficient (Wildman–Crippen LogP) is 3.67. The van der Waals surface area contributed by atoms with Gasteiger partial charge >= 0.3 is 12.1 Å². The van der Waals surface area contributed by atoms with Crippen LogP contribution in [-0.4, -0.2) is 41.8 Å². The molecule has 2 aromatic carbocycles. The average Bonchev–Trinajstić information content (AvgIpc) is 3.04. The maximum atomic E-state index is 12.6. The van der Waals surface area contributed by atoms with Gasteiger partial charge in [-0.25, -0.2) is 4.79 Å². The highest BCUT2D eigenvalue weighted by atomic mass is 16.5. The monoisotopic (exact) mass is 436 g/mol. The van der Waals surface area contributed by atoms with Crippen molar-refractivity contribution in [2.45, 2.75) is 50.6 Å². The van der Waals surface area contributed by atoms with Gasteiger partial charge in [0.2, 0.25) is 5.91 Å². The second-order valence-electron chi connectivity index (χ2n) is 8.60. The van der Waals surface area contributed by atoms with Crippen LogP contribution in [0.3, 0.4) is 0 Å². The summed E-state index contributed by atoms with van der Waals surface area (Å²) in [6.45, 7) is 1.62. The van der Waals surface area contributed by atoms with E-state index in [1.807, 2.05) is 24.3 Å². The summed E-state index contributed by atoms with van der Waals surface area (Å²) in [4.78, 5) is 35.9. The lowest BCUT2D eigenvalue weighted by molar-refractivity contribution is -0.141. The molecule has 2 atom stereocenters. The van der Waals surface area contributed by atoms with Gasteiger partial charge in [0, 0.05) is 18.4 Å². The minimum absolute atomic E-state index is 0.0324.